The number of ether oxygens (including phenoxy) is 1. The normalized spacial score (nSPS) is 11.1. The number of nitrogens with zero attached hydrogens (tertiary/aromatic N) is 2. The van der Waals surface area contributed by atoms with Crippen LogP contribution in [0.15, 0.2) is 60.7 Å². The highest BCUT2D eigenvalue weighted by atomic mass is 16.5. The Labute approximate surface area is 143 Å². The summed E-state index contributed by atoms with van der Waals surface area (Å²) < 4.78 is 6.03. The fourth-order valence-electron chi connectivity index (χ4n) is 2.88. The van der Waals surface area contributed by atoms with Gasteiger partial charge in [0, 0.05) is 30.2 Å². The van der Waals surface area contributed by atoms with Gasteiger partial charge in [-0.1, -0.05) is 42.5 Å². The van der Waals surface area contributed by atoms with E-state index >= 15 is 0 Å². The van der Waals surface area contributed by atoms with E-state index in [1.165, 1.54) is 5.56 Å². The molecular formula is C21H24N2O. The SMILES string of the molecule is Cc1cc(OCCCN(C)Cc2ccccc2)c2ccccc2n1. The maximum Gasteiger partial charge on any atom is 0.130 e. The minimum absolute atomic E-state index is 0.715. The van der Waals surface area contributed by atoms with Crippen LogP contribution < -0.4 is 4.74 Å². The number of hydrogen-bond donors (Lipinski definition) is 0. The summed E-state index contributed by atoms with van der Waals surface area (Å²) in [7, 11) is 2.15. The number of para-hydroxylation sites is 1. The van der Waals surface area contributed by atoms with Gasteiger partial charge in [-0.2, -0.15) is 0 Å². The quantitative estimate of drug-likeness (QED) is 0.602. The molecule has 2 aromatic carbocycles. The zero-order valence-electron chi connectivity index (χ0n) is 14.4. The standard InChI is InChI=1S/C21H24N2O/c1-17-15-21(19-11-6-7-12-20(19)22-17)24-14-8-13-23(2)16-18-9-4-3-5-10-18/h3-7,9-12,15H,8,13-14,16H2,1-2H3. The van der Waals surface area contributed by atoms with Crippen LogP contribution in [0, 0.1) is 6.92 Å². The van der Waals surface area contributed by atoms with Crippen molar-refractivity contribution in [3.63, 3.8) is 0 Å². The Morgan fingerprint density at radius 2 is 1.75 bits per heavy atom. The highest BCUT2D eigenvalue weighted by Gasteiger charge is 2.05. The average molecular weight is 320 g/mol. The topological polar surface area (TPSA) is 25.4 Å². The molecule has 0 aliphatic heterocycles. The number of pyridine rings is 1. The third-order valence-electron chi connectivity index (χ3n) is 4.04. The number of fused-ring (bicyclic) bond motifs is 1. The first-order valence-electron chi connectivity index (χ1n) is 8.44. The first kappa shape index (κ1) is 16.5. The van der Waals surface area contributed by atoms with Gasteiger partial charge >= 0.3 is 0 Å². The van der Waals surface area contributed by atoms with Crippen LogP contribution in [0.2, 0.25) is 0 Å². The average Bonchev–Trinajstić information content (AvgIpc) is 2.59. The molecule has 0 fully saturated rings. The third-order valence-corrected chi connectivity index (χ3v) is 4.04. The van der Waals surface area contributed by atoms with E-state index in [2.05, 4.69) is 53.3 Å². The van der Waals surface area contributed by atoms with Gasteiger partial charge in [0.2, 0.25) is 0 Å². The smallest absolute Gasteiger partial charge is 0.130 e. The molecule has 3 heteroatoms. The lowest BCUT2D eigenvalue weighted by molar-refractivity contribution is 0.260. The van der Waals surface area contributed by atoms with Crippen LogP contribution >= 0.6 is 0 Å². The fraction of sp³-hybridized carbons (Fsp3) is 0.286. The van der Waals surface area contributed by atoms with Crippen molar-refractivity contribution in [2.24, 2.45) is 0 Å². The van der Waals surface area contributed by atoms with E-state index in [4.69, 9.17) is 4.74 Å². The van der Waals surface area contributed by atoms with Crippen molar-refractivity contribution in [3.8, 4) is 5.75 Å². The van der Waals surface area contributed by atoms with Gasteiger partial charge in [-0.15, -0.1) is 0 Å². The molecular weight excluding hydrogens is 296 g/mol. The van der Waals surface area contributed by atoms with Gasteiger partial charge in [-0.3, -0.25) is 4.98 Å². The summed E-state index contributed by atoms with van der Waals surface area (Å²) in [6.45, 7) is 4.70. The van der Waals surface area contributed by atoms with Crippen molar-refractivity contribution in [1.29, 1.82) is 0 Å². The summed E-state index contributed by atoms with van der Waals surface area (Å²) in [6.07, 6.45) is 0.999. The van der Waals surface area contributed by atoms with Crippen molar-refractivity contribution in [2.45, 2.75) is 19.9 Å². The van der Waals surface area contributed by atoms with E-state index in [1.54, 1.807) is 0 Å². The molecule has 24 heavy (non-hydrogen) atoms. The molecule has 1 heterocycles. The maximum atomic E-state index is 6.03. The number of rotatable bonds is 7. The van der Waals surface area contributed by atoms with Crippen molar-refractivity contribution < 1.29 is 4.74 Å². The molecule has 0 atom stereocenters. The van der Waals surface area contributed by atoms with Gasteiger partial charge < -0.3 is 9.64 Å². The van der Waals surface area contributed by atoms with Crippen LogP contribution in [0.5, 0.6) is 5.75 Å². The minimum atomic E-state index is 0.715. The van der Waals surface area contributed by atoms with Crippen LogP contribution in [-0.4, -0.2) is 30.1 Å². The van der Waals surface area contributed by atoms with Gasteiger partial charge in [0.05, 0.1) is 12.1 Å². The van der Waals surface area contributed by atoms with Gasteiger partial charge in [-0.05, 0) is 38.1 Å². The van der Waals surface area contributed by atoms with E-state index in [0.717, 1.165) is 41.9 Å². The summed E-state index contributed by atoms with van der Waals surface area (Å²) in [6, 6.07) is 20.7. The second kappa shape index (κ2) is 7.93. The predicted molar refractivity (Wildman–Crippen MR) is 99.4 cm³/mol. The monoisotopic (exact) mass is 320 g/mol. The molecule has 124 valence electrons. The summed E-state index contributed by atoms with van der Waals surface area (Å²) >= 11 is 0. The molecule has 3 nitrogen and oxygen atoms in total. The van der Waals surface area contributed by atoms with Crippen LogP contribution in [0.3, 0.4) is 0 Å². The molecule has 0 saturated carbocycles. The summed E-state index contributed by atoms with van der Waals surface area (Å²) in [5.74, 6) is 0.934. The van der Waals surface area contributed by atoms with Gasteiger partial charge in [0.15, 0.2) is 0 Å². The lowest BCUT2D eigenvalue weighted by Crippen LogP contribution is -2.20. The number of hydrogen-bond acceptors (Lipinski definition) is 3. The lowest BCUT2D eigenvalue weighted by Gasteiger charge is -2.17. The Balaban J connectivity index is 1.52. The summed E-state index contributed by atoms with van der Waals surface area (Å²) in [4.78, 5) is 6.88. The molecule has 3 aromatic rings. The van der Waals surface area contributed by atoms with Crippen molar-refractivity contribution in [2.75, 3.05) is 20.2 Å². The zero-order valence-corrected chi connectivity index (χ0v) is 14.4. The molecule has 0 bridgehead atoms. The third kappa shape index (κ3) is 4.33. The highest BCUT2D eigenvalue weighted by Crippen LogP contribution is 2.25. The van der Waals surface area contributed by atoms with Crippen molar-refractivity contribution in [3.05, 3.63) is 71.9 Å². The highest BCUT2D eigenvalue weighted by molar-refractivity contribution is 5.85. The van der Waals surface area contributed by atoms with E-state index in [9.17, 15) is 0 Å². The molecule has 0 amide bonds. The minimum Gasteiger partial charge on any atom is -0.493 e. The Hall–Kier alpha value is -2.39. The maximum absolute atomic E-state index is 6.03. The molecule has 3 rings (SSSR count). The molecule has 0 aliphatic carbocycles. The number of aromatic nitrogens is 1. The molecule has 1 aromatic heterocycles. The number of aryl methyl sites for hydroxylation is 1. The molecule has 0 radical (unpaired) electrons. The van der Waals surface area contributed by atoms with Crippen LogP contribution in [-0.2, 0) is 6.54 Å². The summed E-state index contributed by atoms with van der Waals surface area (Å²) in [5, 5.41) is 1.08. The second-order valence-electron chi connectivity index (χ2n) is 6.20. The lowest BCUT2D eigenvalue weighted by atomic mass is 10.2. The van der Waals surface area contributed by atoms with E-state index < -0.39 is 0 Å². The predicted octanol–water partition coefficient (Wildman–Crippen LogP) is 4.44. The van der Waals surface area contributed by atoms with Gasteiger partial charge in [0.25, 0.3) is 0 Å². The Kier molecular flexibility index (Phi) is 5.44. The molecule has 0 N–H and O–H groups in total. The Morgan fingerprint density at radius 3 is 2.58 bits per heavy atom. The van der Waals surface area contributed by atoms with Crippen molar-refractivity contribution in [1.82, 2.24) is 9.88 Å². The first-order chi connectivity index (χ1) is 11.7. The Morgan fingerprint density at radius 1 is 1.00 bits per heavy atom. The van der Waals surface area contributed by atoms with Crippen LogP contribution in [0.1, 0.15) is 17.7 Å². The molecule has 0 unspecified atom stereocenters. The van der Waals surface area contributed by atoms with Crippen LogP contribution in [0.25, 0.3) is 10.9 Å². The summed E-state index contributed by atoms with van der Waals surface area (Å²) in [5.41, 5.74) is 3.33. The van der Waals surface area contributed by atoms with E-state index in [-0.39, 0.29) is 0 Å². The molecule has 0 spiro atoms. The number of benzene rings is 2. The fourth-order valence-corrected chi connectivity index (χ4v) is 2.88. The van der Waals surface area contributed by atoms with E-state index in [0.29, 0.717) is 6.61 Å². The zero-order chi connectivity index (χ0) is 16.8. The van der Waals surface area contributed by atoms with Crippen molar-refractivity contribution >= 4 is 10.9 Å². The second-order valence-corrected chi connectivity index (χ2v) is 6.20. The largest absolute Gasteiger partial charge is 0.493 e. The first-order valence-corrected chi connectivity index (χ1v) is 8.44. The Bertz CT molecular complexity index is 786. The van der Waals surface area contributed by atoms with Gasteiger partial charge in [-0.25, -0.2) is 0 Å². The van der Waals surface area contributed by atoms with Gasteiger partial charge in [0.1, 0.15) is 5.75 Å². The molecule has 0 saturated heterocycles. The van der Waals surface area contributed by atoms with Crippen LogP contribution in [0.4, 0.5) is 0 Å². The van der Waals surface area contributed by atoms with E-state index in [1.807, 2.05) is 31.2 Å². The molecule has 0 aliphatic rings.